The van der Waals surface area contributed by atoms with Crippen molar-refractivity contribution in [3.05, 3.63) is 53.6 Å². The first-order valence-corrected chi connectivity index (χ1v) is 8.16. The number of ether oxygens (including phenoxy) is 1. The molecular formula is C17H20BN3O2. The summed E-state index contributed by atoms with van der Waals surface area (Å²) in [5.41, 5.74) is 1.75. The zero-order valence-electron chi connectivity index (χ0n) is 13.4. The molecule has 6 heteroatoms. The minimum atomic E-state index is -0.347. The van der Waals surface area contributed by atoms with Crippen LogP contribution in [-0.2, 0) is 24.4 Å². The lowest BCUT2D eigenvalue weighted by Gasteiger charge is -2.33. The van der Waals surface area contributed by atoms with E-state index in [9.17, 15) is 4.79 Å². The van der Waals surface area contributed by atoms with Crippen molar-refractivity contribution in [2.24, 2.45) is 0 Å². The Kier molecular flexibility index (Phi) is 3.49. The fraction of sp³-hybridized carbons (Fsp3) is 0.412. The van der Waals surface area contributed by atoms with Crippen LogP contribution in [0, 0.1) is 0 Å². The van der Waals surface area contributed by atoms with E-state index in [4.69, 9.17) is 4.74 Å². The molecule has 2 heterocycles. The van der Waals surface area contributed by atoms with Gasteiger partial charge in [-0.05, 0) is 23.8 Å². The number of fused-ring (bicyclic) bond motifs is 1. The molecule has 0 radical (unpaired) electrons. The van der Waals surface area contributed by atoms with E-state index in [-0.39, 0.29) is 12.6 Å². The summed E-state index contributed by atoms with van der Waals surface area (Å²) in [4.78, 5) is 19.2. The van der Waals surface area contributed by atoms with Crippen LogP contribution in [0.25, 0.3) is 0 Å². The third-order valence-corrected chi connectivity index (χ3v) is 4.96. The summed E-state index contributed by atoms with van der Waals surface area (Å²) in [6.07, 6.45) is 4.36. The van der Waals surface area contributed by atoms with Gasteiger partial charge >= 0.3 is 5.97 Å². The maximum atomic E-state index is 12.2. The van der Waals surface area contributed by atoms with E-state index in [0.717, 1.165) is 31.0 Å². The normalized spacial score (nSPS) is 19.1. The fourth-order valence-corrected chi connectivity index (χ4v) is 3.11. The van der Waals surface area contributed by atoms with Gasteiger partial charge in [0.2, 0.25) is 0 Å². The predicted octanol–water partition coefficient (Wildman–Crippen LogP) is 1.18. The molecule has 0 spiro atoms. The molecule has 1 aliphatic carbocycles. The van der Waals surface area contributed by atoms with Gasteiger partial charge in [0.25, 0.3) is 0 Å². The van der Waals surface area contributed by atoms with Crippen LogP contribution in [0.15, 0.2) is 36.5 Å². The minimum Gasteiger partial charge on any atom is -0.456 e. The van der Waals surface area contributed by atoms with E-state index in [2.05, 4.69) is 22.3 Å². The van der Waals surface area contributed by atoms with E-state index in [1.165, 1.54) is 12.8 Å². The highest BCUT2D eigenvalue weighted by molar-refractivity contribution is 6.17. The van der Waals surface area contributed by atoms with Crippen LogP contribution in [-0.4, -0.2) is 40.2 Å². The van der Waals surface area contributed by atoms with Gasteiger partial charge in [-0.3, -0.25) is 4.90 Å². The molecule has 1 aromatic heterocycles. The Morgan fingerprint density at radius 1 is 1.26 bits per heavy atom. The Morgan fingerprint density at radius 2 is 2.04 bits per heavy atom. The van der Waals surface area contributed by atoms with Crippen LogP contribution in [0.5, 0.6) is 0 Å². The second-order valence-corrected chi connectivity index (χ2v) is 6.72. The van der Waals surface area contributed by atoms with Crippen LogP contribution in [0.3, 0.4) is 0 Å². The quantitative estimate of drug-likeness (QED) is 0.628. The van der Waals surface area contributed by atoms with Crippen LogP contribution in [0.4, 0.5) is 0 Å². The third kappa shape index (κ3) is 2.91. The van der Waals surface area contributed by atoms with Gasteiger partial charge in [-0.25, -0.2) is 9.78 Å². The maximum absolute atomic E-state index is 12.2. The summed E-state index contributed by atoms with van der Waals surface area (Å²) >= 11 is 0. The summed E-state index contributed by atoms with van der Waals surface area (Å²) in [6.45, 7) is 3.02. The molecule has 2 aromatic rings. The highest BCUT2D eigenvalue weighted by Crippen LogP contribution is 2.39. The topological polar surface area (TPSA) is 47.4 Å². The monoisotopic (exact) mass is 309 g/mol. The van der Waals surface area contributed by atoms with Gasteiger partial charge < -0.3 is 9.30 Å². The van der Waals surface area contributed by atoms with Gasteiger partial charge in [0, 0.05) is 19.3 Å². The van der Waals surface area contributed by atoms with Crippen LogP contribution in [0.2, 0.25) is 0 Å². The Labute approximate surface area is 136 Å². The second-order valence-electron chi connectivity index (χ2n) is 6.72. The largest absolute Gasteiger partial charge is 0.456 e. The number of hydrogen-bond donors (Lipinski definition) is 0. The number of esters is 1. The standard InChI is InChI=1S/C17H20BN3O2/c18-17(6-7-17)21-9-8-20-10-14(19-15(20)11-21)16(22)23-12-13-4-2-1-3-5-13/h1-5,10H,6-9,11-12,18H2. The number of benzene rings is 1. The highest BCUT2D eigenvalue weighted by Gasteiger charge is 2.44. The zero-order chi connectivity index (χ0) is 15.9. The summed E-state index contributed by atoms with van der Waals surface area (Å²) in [5, 5.41) is 0. The van der Waals surface area contributed by atoms with E-state index >= 15 is 0 Å². The van der Waals surface area contributed by atoms with Crippen LogP contribution in [0.1, 0.15) is 34.7 Å². The molecule has 0 amide bonds. The van der Waals surface area contributed by atoms with Crippen molar-refractivity contribution in [1.29, 1.82) is 0 Å². The Morgan fingerprint density at radius 3 is 2.78 bits per heavy atom. The number of aromatic nitrogens is 2. The molecule has 1 aromatic carbocycles. The average molecular weight is 309 g/mol. The summed E-state index contributed by atoms with van der Waals surface area (Å²) in [5.74, 6) is 0.621. The predicted molar refractivity (Wildman–Crippen MR) is 88.7 cm³/mol. The molecule has 0 bridgehead atoms. The SMILES string of the molecule is BC1(N2CCn3cc(C(=O)OCc4ccccc4)nc3C2)CC1. The van der Waals surface area contributed by atoms with E-state index < -0.39 is 0 Å². The van der Waals surface area contributed by atoms with Gasteiger partial charge in [-0.1, -0.05) is 30.3 Å². The van der Waals surface area contributed by atoms with E-state index in [1.54, 1.807) is 0 Å². The number of carbonyl (C=O) groups excluding carboxylic acids is 1. The molecule has 0 unspecified atom stereocenters. The van der Waals surface area contributed by atoms with Crippen LogP contribution < -0.4 is 0 Å². The lowest BCUT2D eigenvalue weighted by Crippen LogP contribution is -2.43. The number of rotatable bonds is 4. The first-order chi connectivity index (χ1) is 11.1. The summed E-state index contributed by atoms with van der Waals surface area (Å²) in [6, 6.07) is 9.71. The van der Waals surface area contributed by atoms with Gasteiger partial charge in [-0.2, -0.15) is 0 Å². The van der Waals surface area contributed by atoms with Crippen molar-refractivity contribution in [2.75, 3.05) is 6.54 Å². The van der Waals surface area contributed by atoms with E-state index in [0.29, 0.717) is 11.1 Å². The van der Waals surface area contributed by atoms with Crippen LogP contribution >= 0.6 is 0 Å². The van der Waals surface area contributed by atoms with Gasteiger partial charge in [-0.15, -0.1) is 0 Å². The highest BCUT2D eigenvalue weighted by atomic mass is 16.5. The first-order valence-electron chi connectivity index (χ1n) is 8.16. The van der Waals surface area contributed by atoms with Crippen molar-refractivity contribution in [1.82, 2.24) is 14.5 Å². The second kappa shape index (κ2) is 5.53. The molecule has 4 rings (SSSR count). The first kappa shape index (κ1) is 14.5. The Hall–Kier alpha value is -2.08. The minimum absolute atomic E-state index is 0.284. The molecule has 5 nitrogen and oxygen atoms in total. The van der Waals surface area contributed by atoms with Crippen molar-refractivity contribution < 1.29 is 9.53 Å². The summed E-state index contributed by atoms with van der Waals surface area (Å²) in [7, 11) is 2.31. The molecule has 1 saturated carbocycles. The van der Waals surface area contributed by atoms with Crippen molar-refractivity contribution in [2.45, 2.75) is 38.0 Å². The number of imidazole rings is 1. The molecule has 23 heavy (non-hydrogen) atoms. The zero-order valence-corrected chi connectivity index (χ0v) is 13.4. The number of nitrogens with zero attached hydrogens (tertiary/aromatic N) is 3. The maximum Gasteiger partial charge on any atom is 0.358 e. The molecule has 2 aliphatic rings. The molecule has 0 saturated heterocycles. The molecule has 1 fully saturated rings. The lowest BCUT2D eigenvalue weighted by atomic mass is 9.90. The number of carbonyl (C=O) groups is 1. The third-order valence-electron chi connectivity index (χ3n) is 4.96. The van der Waals surface area contributed by atoms with Gasteiger partial charge in [0.15, 0.2) is 5.69 Å². The van der Waals surface area contributed by atoms with Crippen molar-refractivity contribution >= 4 is 13.8 Å². The van der Waals surface area contributed by atoms with Gasteiger partial charge in [0.05, 0.1) is 6.54 Å². The molecule has 0 atom stereocenters. The molecule has 118 valence electrons. The van der Waals surface area contributed by atoms with Gasteiger partial charge in [0.1, 0.15) is 20.3 Å². The summed E-state index contributed by atoms with van der Waals surface area (Å²) < 4.78 is 7.45. The fourth-order valence-electron chi connectivity index (χ4n) is 3.11. The number of hydrogen-bond acceptors (Lipinski definition) is 4. The average Bonchev–Trinajstić information content (AvgIpc) is 3.19. The van der Waals surface area contributed by atoms with Crippen molar-refractivity contribution in [3.8, 4) is 0 Å². The smallest absolute Gasteiger partial charge is 0.358 e. The molecule has 0 N–H and O–H groups in total. The van der Waals surface area contributed by atoms with Crippen molar-refractivity contribution in [3.63, 3.8) is 0 Å². The van der Waals surface area contributed by atoms with E-state index in [1.807, 2.05) is 36.5 Å². The molecular weight excluding hydrogens is 289 g/mol. The Balaban J connectivity index is 1.42. The Bertz CT molecular complexity index is 725. The lowest BCUT2D eigenvalue weighted by molar-refractivity contribution is 0.0466. The molecule has 1 aliphatic heterocycles.